The number of aliphatic imine (C=N–C) groups is 1. The molecule has 2 rings (SSSR count). The lowest BCUT2D eigenvalue weighted by Crippen LogP contribution is -2.48. The topological polar surface area (TPSA) is 75.6 Å². The van der Waals surface area contributed by atoms with Crippen LogP contribution in [0, 0.1) is 0 Å². The smallest absolute Gasteiger partial charge is 0.243 e. The molecule has 1 unspecified atom stereocenters. The summed E-state index contributed by atoms with van der Waals surface area (Å²) in [5.41, 5.74) is 0. The van der Waals surface area contributed by atoms with Crippen molar-refractivity contribution in [2.75, 3.05) is 66.7 Å². The van der Waals surface area contributed by atoms with Gasteiger partial charge in [0.25, 0.3) is 0 Å². The second-order valence-corrected chi connectivity index (χ2v) is 7.56. The molecule has 2 aliphatic rings. The highest BCUT2D eigenvalue weighted by Crippen LogP contribution is 2.17. The highest BCUT2D eigenvalue weighted by molar-refractivity contribution is 14.0. The van der Waals surface area contributed by atoms with E-state index in [4.69, 9.17) is 14.2 Å². The van der Waals surface area contributed by atoms with Crippen molar-refractivity contribution in [3.63, 3.8) is 0 Å². The van der Waals surface area contributed by atoms with Crippen LogP contribution in [0.3, 0.4) is 0 Å². The Balaban J connectivity index is 0.00000420. The van der Waals surface area contributed by atoms with E-state index >= 15 is 0 Å². The summed E-state index contributed by atoms with van der Waals surface area (Å²) in [6.07, 6.45) is 5.66. The number of nitrogens with one attached hydrogen (secondary N) is 1. The van der Waals surface area contributed by atoms with Crippen molar-refractivity contribution >= 4 is 35.8 Å². The highest BCUT2D eigenvalue weighted by atomic mass is 127. The number of nitrogens with zero attached hydrogens (tertiary/aromatic N) is 3. The Kier molecular flexibility index (Phi) is 13.8. The maximum atomic E-state index is 11.9. The number of likely N-dealkylation sites (tertiary alicyclic amines) is 1. The SMILES string of the molecule is CCOCCCNC(=NCC(=O)N(C)C)N1CCC(OCC2CCCO2)CC1.I. The predicted molar refractivity (Wildman–Crippen MR) is 125 cm³/mol. The highest BCUT2D eigenvalue weighted by Gasteiger charge is 2.24. The molecular formula is C20H39IN4O4. The molecule has 0 aromatic heterocycles. The summed E-state index contributed by atoms with van der Waals surface area (Å²) in [5, 5.41) is 3.40. The number of guanidine groups is 1. The summed E-state index contributed by atoms with van der Waals surface area (Å²) < 4.78 is 17.1. The van der Waals surface area contributed by atoms with Gasteiger partial charge in [-0.05, 0) is 39.0 Å². The number of ether oxygens (including phenoxy) is 3. The summed E-state index contributed by atoms with van der Waals surface area (Å²) in [6.45, 7) is 7.74. The molecule has 2 fully saturated rings. The summed E-state index contributed by atoms with van der Waals surface area (Å²) in [6, 6.07) is 0. The maximum absolute atomic E-state index is 11.9. The Hall–Kier alpha value is -0.650. The lowest BCUT2D eigenvalue weighted by Gasteiger charge is -2.34. The number of likely N-dealkylation sites (N-methyl/N-ethyl adjacent to an activating group) is 1. The van der Waals surface area contributed by atoms with Crippen molar-refractivity contribution in [2.24, 2.45) is 4.99 Å². The molecule has 0 spiro atoms. The van der Waals surface area contributed by atoms with Crippen LogP contribution < -0.4 is 5.32 Å². The fourth-order valence-electron chi connectivity index (χ4n) is 3.32. The maximum Gasteiger partial charge on any atom is 0.243 e. The van der Waals surface area contributed by atoms with Crippen LogP contribution in [-0.4, -0.2) is 101 Å². The average Bonchev–Trinajstić information content (AvgIpc) is 3.22. The van der Waals surface area contributed by atoms with Crippen LogP contribution in [0.2, 0.25) is 0 Å². The lowest BCUT2D eigenvalue weighted by atomic mass is 10.1. The molecular weight excluding hydrogens is 487 g/mol. The van der Waals surface area contributed by atoms with Gasteiger partial charge in [0.2, 0.25) is 5.91 Å². The van der Waals surface area contributed by atoms with E-state index in [9.17, 15) is 4.79 Å². The Labute approximate surface area is 192 Å². The average molecular weight is 526 g/mol. The number of carbonyl (C=O) groups excluding carboxylic acids is 1. The molecule has 8 nitrogen and oxygen atoms in total. The van der Waals surface area contributed by atoms with Crippen molar-refractivity contribution in [3.05, 3.63) is 0 Å². The van der Waals surface area contributed by atoms with Crippen molar-refractivity contribution in [3.8, 4) is 0 Å². The molecule has 1 atom stereocenters. The molecule has 0 aliphatic carbocycles. The van der Waals surface area contributed by atoms with Gasteiger partial charge in [-0.15, -0.1) is 24.0 Å². The van der Waals surface area contributed by atoms with Crippen LogP contribution in [0.25, 0.3) is 0 Å². The molecule has 1 amide bonds. The Bertz CT molecular complexity index is 479. The summed E-state index contributed by atoms with van der Waals surface area (Å²) in [7, 11) is 3.51. The van der Waals surface area contributed by atoms with Crippen LogP contribution in [0.5, 0.6) is 0 Å². The molecule has 0 bridgehead atoms. The number of hydrogen-bond donors (Lipinski definition) is 1. The van der Waals surface area contributed by atoms with Gasteiger partial charge in [-0.2, -0.15) is 0 Å². The van der Waals surface area contributed by atoms with E-state index in [0.29, 0.717) is 6.61 Å². The number of halogens is 1. The lowest BCUT2D eigenvalue weighted by molar-refractivity contribution is -0.127. The first-order chi connectivity index (χ1) is 13.6. The second-order valence-electron chi connectivity index (χ2n) is 7.56. The molecule has 2 saturated heterocycles. The van der Waals surface area contributed by atoms with Crippen LogP contribution in [0.15, 0.2) is 4.99 Å². The normalized spacial score (nSPS) is 20.4. The first kappa shape index (κ1) is 26.4. The number of piperidine rings is 1. The third-order valence-corrected chi connectivity index (χ3v) is 5.10. The molecule has 9 heteroatoms. The van der Waals surface area contributed by atoms with E-state index in [1.807, 2.05) is 6.92 Å². The predicted octanol–water partition coefficient (Wildman–Crippen LogP) is 1.72. The second kappa shape index (κ2) is 15.2. The number of rotatable bonds is 10. The largest absolute Gasteiger partial charge is 0.382 e. The van der Waals surface area contributed by atoms with Crippen LogP contribution in [0.4, 0.5) is 0 Å². The first-order valence-corrected chi connectivity index (χ1v) is 10.6. The molecule has 170 valence electrons. The van der Waals surface area contributed by atoms with E-state index in [2.05, 4.69) is 15.2 Å². The minimum Gasteiger partial charge on any atom is -0.382 e. The van der Waals surface area contributed by atoms with Gasteiger partial charge < -0.3 is 29.3 Å². The monoisotopic (exact) mass is 526 g/mol. The minimum absolute atomic E-state index is 0. The van der Waals surface area contributed by atoms with E-state index in [0.717, 1.165) is 77.5 Å². The Morgan fingerprint density at radius 1 is 1.28 bits per heavy atom. The third kappa shape index (κ3) is 10.3. The van der Waals surface area contributed by atoms with Gasteiger partial charge in [-0.25, -0.2) is 4.99 Å². The number of hydrogen-bond acceptors (Lipinski definition) is 5. The molecule has 0 saturated carbocycles. The molecule has 0 radical (unpaired) electrons. The first-order valence-electron chi connectivity index (χ1n) is 10.6. The summed E-state index contributed by atoms with van der Waals surface area (Å²) in [4.78, 5) is 20.3. The quantitative estimate of drug-likeness (QED) is 0.202. The minimum atomic E-state index is 0. The fourth-order valence-corrected chi connectivity index (χ4v) is 3.32. The molecule has 0 aromatic rings. The molecule has 2 aliphatic heterocycles. The summed E-state index contributed by atoms with van der Waals surface area (Å²) in [5.74, 6) is 0.813. The molecule has 2 heterocycles. The third-order valence-electron chi connectivity index (χ3n) is 5.10. The zero-order valence-corrected chi connectivity index (χ0v) is 20.6. The van der Waals surface area contributed by atoms with Crippen molar-refractivity contribution in [2.45, 2.75) is 51.2 Å². The molecule has 1 N–H and O–H groups in total. The number of amides is 1. The fraction of sp³-hybridized carbons (Fsp3) is 0.900. The van der Waals surface area contributed by atoms with E-state index in [-0.39, 0.29) is 48.6 Å². The Morgan fingerprint density at radius 2 is 2.03 bits per heavy atom. The van der Waals surface area contributed by atoms with Crippen molar-refractivity contribution < 1.29 is 19.0 Å². The summed E-state index contributed by atoms with van der Waals surface area (Å²) >= 11 is 0. The zero-order chi connectivity index (χ0) is 20.2. The molecule has 29 heavy (non-hydrogen) atoms. The van der Waals surface area contributed by atoms with Crippen LogP contribution >= 0.6 is 24.0 Å². The van der Waals surface area contributed by atoms with Crippen LogP contribution in [0.1, 0.15) is 39.0 Å². The van der Waals surface area contributed by atoms with Crippen LogP contribution in [-0.2, 0) is 19.0 Å². The van der Waals surface area contributed by atoms with Gasteiger partial charge >= 0.3 is 0 Å². The van der Waals surface area contributed by atoms with Gasteiger partial charge in [-0.3, -0.25) is 4.79 Å². The zero-order valence-electron chi connectivity index (χ0n) is 18.2. The van der Waals surface area contributed by atoms with Gasteiger partial charge in [0.15, 0.2) is 5.96 Å². The van der Waals surface area contributed by atoms with E-state index < -0.39 is 0 Å². The van der Waals surface area contributed by atoms with Crippen molar-refractivity contribution in [1.82, 2.24) is 15.1 Å². The Morgan fingerprint density at radius 3 is 2.66 bits per heavy atom. The van der Waals surface area contributed by atoms with E-state index in [1.54, 1.807) is 19.0 Å². The van der Waals surface area contributed by atoms with Gasteiger partial charge in [0, 0.05) is 53.6 Å². The van der Waals surface area contributed by atoms with Gasteiger partial charge in [-0.1, -0.05) is 0 Å². The van der Waals surface area contributed by atoms with Gasteiger partial charge in [0.1, 0.15) is 6.54 Å². The number of carbonyl (C=O) groups is 1. The standard InChI is InChI=1S/C20H38N4O4.HI/c1-4-26-13-6-10-21-20(22-15-19(25)23(2)3)24-11-8-17(9-12-24)28-16-18-7-5-14-27-18;/h17-18H,4-16H2,1-3H3,(H,21,22);1H. The van der Waals surface area contributed by atoms with E-state index in [1.165, 1.54) is 0 Å². The van der Waals surface area contributed by atoms with Gasteiger partial charge in [0.05, 0.1) is 18.8 Å². The van der Waals surface area contributed by atoms with Crippen molar-refractivity contribution in [1.29, 1.82) is 0 Å². The molecule has 0 aromatic carbocycles.